The molecule has 1 saturated carbocycles. The maximum Gasteiger partial charge on any atom is 0.318 e. The summed E-state index contributed by atoms with van der Waals surface area (Å²) in [5, 5.41) is 6.82. The molecule has 180 valence electrons. The average Bonchev–Trinajstić information content (AvgIpc) is 3.62. The Hall–Kier alpha value is -3.27. The van der Waals surface area contributed by atoms with Crippen LogP contribution in [-0.2, 0) is 0 Å². The number of ether oxygens (including phenoxy) is 2. The van der Waals surface area contributed by atoms with Crippen LogP contribution in [0.2, 0.25) is 0 Å². The zero-order chi connectivity index (χ0) is 24.1. The molecule has 1 aliphatic carbocycles. The SMILES string of the molecule is COc1nc2c3c(nc(-c4c(F)c(N)cc(C)c4C4CC4)c(F)c3n1)OC(C)CCNC(C)N2. The lowest BCUT2D eigenvalue weighted by Crippen LogP contribution is -2.36. The third kappa shape index (κ3) is 3.85. The fourth-order valence-corrected chi connectivity index (χ4v) is 4.54. The first-order valence-corrected chi connectivity index (χ1v) is 11.5. The van der Waals surface area contributed by atoms with E-state index in [2.05, 4.69) is 25.6 Å². The van der Waals surface area contributed by atoms with Crippen LogP contribution in [0.1, 0.15) is 50.2 Å². The molecule has 0 saturated heterocycles. The molecule has 3 heterocycles. The normalized spacial score (nSPS) is 20.5. The molecule has 2 unspecified atom stereocenters. The molecule has 1 aliphatic heterocycles. The first-order chi connectivity index (χ1) is 16.3. The summed E-state index contributed by atoms with van der Waals surface area (Å²) in [6, 6.07) is 1.57. The van der Waals surface area contributed by atoms with Crippen molar-refractivity contribution in [3.8, 4) is 23.1 Å². The maximum absolute atomic E-state index is 16.2. The van der Waals surface area contributed by atoms with Crippen molar-refractivity contribution in [2.24, 2.45) is 0 Å². The van der Waals surface area contributed by atoms with Gasteiger partial charge in [-0.2, -0.15) is 9.97 Å². The van der Waals surface area contributed by atoms with Gasteiger partial charge in [0.15, 0.2) is 11.6 Å². The number of hydrogen-bond acceptors (Lipinski definition) is 8. The number of aryl methyl sites for hydroxylation is 1. The number of methoxy groups -OCH3 is 1. The van der Waals surface area contributed by atoms with Crippen LogP contribution in [-0.4, -0.2) is 40.9 Å². The Labute approximate surface area is 196 Å². The zero-order valence-corrected chi connectivity index (χ0v) is 19.6. The molecule has 2 aromatic heterocycles. The van der Waals surface area contributed by atoms with E-state index in [1.165, 1.54) is 7.11 Å². The van der Waals surface area contributed by atoms with E-state index < -0.39 is 11.6 Å². The van der Waals surface area contributed by atoms with Gasteiger partial charge < -0.3 is 20.5 Å². The molecule has 10 heteroatoms. The van der Waals surface area contributed by atoms with Crippen LogP contribution in [0.5, 0.6) is 11.9 Å². The van der Waals surface area contributed by atoms with Crippen LogP contribution in [0, 0.1) is 18.6 Å². The van der Waals surface area contributed by atoms with Crippen molar-refractivity contribution in [3.05, 3.63) is 28.8 Å². The van der Waals surface area contributed by atoms with Gasteiger partial charge in [-0.25, -0.2) is 13.8 Å². The molecule has 5 rings (SSSR count). The second-order valence-electron chi connectivity index (χ2n) is 9.06. The monoisotopic (exact) mass is 470 g/mol. The van der Waals surface area contributed by atoms with E-state index in [9.17, 15) is 0 Å². The molecule has 0 bridgehead atoms. The second kappa shape index (κ2) is 8.50. The van der Waals surface area contributed by atoms with Crippen LogP contribution in [0.25, 0.3) is 22.2 Å². The summed E-state index contributed by atoms with van der Waals surface area (Å²) in [5.74, 6) is -0.868. The molecule has 34 heavy (non-hydrogen) atoms. The highest BCUT2D eigenvalue weighted by Crippen LogP contribution is 2.49. The second-order valence-corrected chi connectivity index (χ2v) is 9.06. The topological polar surface area (TPSA) is 107 Å². The van der Waals surface area contributed by atoms with E-state index in [4.69, 9.17) is 15.2 Å². The minimum atomic E-state index is -0.776. The van der Waals surface area contributed by atoms with Gasteiger partial charge in [-0.05, 0) is 63.1 Å². The maximum atomic E-state index is 16.2. The molecule has 0 radical (unpaired) electrons. The number of pyridine rings is 1. The van der Waals surface area contributed by atoms with Crippen LogP contribution in [0.15, 0.2) is 6.07 Å². The molecule has 1 fully saturated rings. The van der Waals surface area contributed by atoms with Crippen LogP contribution >= 0.6 is 0 Å². The smallest absolute Gasteiger partial charge is 0.318 e. The van der Waals surface area contributed by atoms with Crippen molar-refractivity contribution in [3.63, 3.8) is 0 Å². The van der Waals surface area contributed by atoms with Gasteiger partial charge >= 0.3 is 6.01 Å². The Balaban J connectivity index is 1.86. The molecule has 0 spiro atoms. The lowest BCUT2D eigenvalue weighted by atomic mass is 9.93. The van der Waals surface area contributed by atoms with E-state index in [0.717, 1.165) is 24.0 Å². The van der Waals surface area contributed by atoms with Gasteiger partial charge in [0.25, 0.3) is 0 Å². The predicted molar refractivity (Wildman–Crippen MR) is 126 cm³/mol. The molecule has 2 atom stereocenters. The summed E-state index contributed by atoms with van der Waals surface area (Å²) in [7, 11) is 1.40. The summed E-state index contributed by atoms with van der Waals surface area (Å²) in [6.45, 7) is 6.37. The molecule has 0 amide bonds. The number of nitrogens with zero attached hydrogens (tertiary/aromatic N) is 3. The van der Waals surface area contributed by atoms with E-state index in [1.54, 1.807) is 6.07 Å². The average molecular weight is 471 g/mol. The van der Waals surface area contributed by atoms with Crippen molar-refractivity contribution in [1.29, 1.82) is 0 Å². The minimum Gasteiger partial charge on any atom is -0.474 e. The van der Waals surface area contributed by atoms with Crippen LogP contribution in [0.4, 0.5) is 20.3 Å². The molecule has 8 nitrogen and oxygen atoms in total. The van der Waals surface area contributed by atoms with Crippen molar-refractivity contribution in [2.75, 3.05) is 24.7 Å². The zero-order valence-electron chi connectivity index (χ0n) is 19.6. The third-order valence-corrected chi connectivity index (χ3v) is 6.34. The van der Waals surface area contributed by atoms with Gasteiger partial charge in [0.05, 0.1) is 25.1 Å². The number of benzene rings is 1. The molecular weight excluding hydrogens is 442 g/mol. The number of aromatic nitrogens is 3. The van der Waals surface area contributed by atoms with Gasteiger partial charge in [0.1, 0.15) is 22.4 Å². The molecular formula is C24H28F2N6O2. The molecule has 4 N–H and O–H groups in total. The Morgan fingerprint density at radius 2 is 1.88 bits per heavy atom. The summed E-state index contributed by atoms with van der Waals surface area (Å²) in [6.07, 6.45) is 2.09. The van der Waals surface area contributed by atoms with Crippen LogP contribution in [0.3, 0.4) is 0 Å². The summed E-state index contributed by atoms with van der Waals surface area (Å²) < 4.78 is 43.1. The standard InChI is InChI=1S/C24H28F2N6O2/c1-10-9-14(27)18(25)16(15(10)13-5-6-13)20-19(26)21-17-22(32-24(31-21)33-4)29-12(3)28-8-7-11(2)34-23(17)30-20/h9,11-13,28H,5-8,27H2,1-4H3,(H,29,31,32). The highest BCUT2D eigenvalue weighted by Gasteiger charge is 2.34. The number of nitrogens with two attached hydrogens (primary N) is 1. The van der Waals surface area contributed by atoms with E-state index in [-0.39, 0.29) is 57.9 Å². The predicted octanol–water partition coefficient (Wildman–Crippen LogP) is 4.27. The van der Waals surface area contributed by atoms with Gasteiger partial charge in [-0.15, -0.1) is 0 Å². The van der Waals surface area contributed by atoms with Gasteiger partial charge in [0.2, 0.25) is 5.88 Å². The van der Waals surface area contributed by atoms with E-state index >= 15 is 8.78 Å². The summed E-state index contributed by atoms with van der Waals surface area (Å²) in [4.78, 5) is 13.2. The van der Waals surface area contributed by atoms with Crippen molar-refractivity contribution < 1.29 is 18.3 Å². The first kappa shape index (κ1) is 22.5. The summed E-state index contributed by atoms with van der Waals surface area (Å²) >= 11 is 0. The Bertz CT molecular complexity index is 1280. The number of nitrogen functional groups attached to an aromatic ring is 1. The van der Waals surface area contributed by atoms with E-state index in [1.807, 2.05) is 20.8 Å². The number of rotatable bonds is 3. The fraction of sp³-hybridized carbons (Fsp3) is 0.458. The number of hydrogen-bond donors (Lipinski definition) is 3. The van der Waals surface area contributed by atoms with Gasteiger partial charge in [0, 0.05) is 12.1 Å². The first-order valence-electron chi connectivity index (χ1n) is 11.5. The van der Waals surface area contributed by atoms with Gasteiger partial charge in [-0.1, -0.05) is 0 Å². The van der Waals surface area contributed by atoms with Crippen molar-refractivity contribution in [1.82, 2.24) is 20.3 Å². The lowest BCUT2D eigenvalue weighted by Gasteiger charge is -2.24. The fourth-order valence-electron chi connectivity index (χ4n) is 4.54. The Morgan fingerprint density at radius 1 is 1.12 bits per heavy atom. The van der Waals surface area contributed by atoms with Crippen LogP contribution < -0.4 is 25.8 Å². The Kier molecular flexibility index (Phi) is 5.63. The minimum absolute atomic E-state index is 0.0269. The number of anilines is 2. The van der Waals surface area contributed by atoms with Crippen molar-refractivity contribution >= 4 is 22.4 Å². The highest BCUT2D eigenvalue weighted by molar-refractivity contribution is 5.97. The molecule has 2 aliphatic rings. The van der Waals surface area contributed by atoms with E-state index in [0.29, 0.717) is 18.8 Å². The quantitative estimate of drug-likeness (QED) is 0.488. The number of nitrogens with one attached hydrogen (secondary N) is 2. The molecule has 3 aromatic rings. The lowest BCUT2D eigenvalue weighted by molar-refractivity contribution is 0.203. The molecule has 1 aromatic carbocycles. The van der Waals surface area contributed by atoms with Crippen molar-refractivity contribution in [2.45, 2.75) is 58.2 Å². The highest BCUT2D eigenvalue weighted by atomic mass is 19.1. The Morgan fingerprint density at radius 3 is 2.59 bits per heavy atom. The van der Waals surface area contributed by atoms with Gasteiger partial charge in [-0.3, -0.25) is 5.32 Å². The number of halogens is 2. The third-order valence-electron chi connectivity index (χ3n) is 6.34. The summed E-state index contributed by atoms with van der Waals surface area (Å²) in [5.41, 5.74) is 7.30. The largest absolute Gasteiger partial charge is 0.474 e.